The van der Waals surface area contributed by atoms with Crippen LogP contribution in [0.3, 0.4) is 0 Å². The number of rotatable bonds is 6. The SMILES string of the molecule is Cc1ccccc1O[n+]1cccc2ccccc21.Fc1c(F)c(F)c([B-](c2c(F)c(F)c(F)c(F)c2F)(c2c(F)c(F)c(F)c(F)c2F)c2c(F)c(F)c(F)c(F)c2F)c(F)c1F. The third-order valence-electron chi connectivity index (χ3n) is 9.67. The first-order chi connectivity index (χ1) is 29.5. The standard InChI is InChI=1S/C24BF20.C16H14NO/c26-5-1(6(27)14(35)21(42)13(5)34)25(2-7(28)15(36)22(43)16(37)8(2)29,3-9(30)17(38)23(44)18(39)10(3)31)4-11(32)19(40)24(45)20(41)12(4)33;1-13-7-2-5-11-16(13)18-17-12-6-9-14-8-3-4-10-15(14)17/h;2-12H,1H3/q-1;+1. The van der Waals surface area contributed by atoms with Crippen molar-refractivity contribution in [2.45, 2.75) is 6.92 Å². The Balaban J connectivity index is 0.000000302. The summed E-state index contributed by atoms with van der Waals surface area (Å²) in [5.74, 6) is -70.5. The summed E-state index contributed by atoms with van der Waals surface area (Å²) in [6.45, 7) is 2.04. The van der Waals surface area contributed by atoms with Gasteiger partial charge in [-0.05, 0) is 30.7 Å². The summed E-state index contributed by atoms with van der Waals surface area (Å²) in [6.07, 6.45) is -5.29. The molecule has 0 saturated carbocycles. The fraction of sp³-hybridized carbons (Fsp3) is 0.0250. The van der Waals surface area contributed by atoms with Gasteiger partial charge in [0, 0.05) is 16.9 Å². The summed E-state index contributed by atoms with van der Waals surface area (Å²) < 4.78 is 296. The molecular formula is C40H14BF20NO. The number of para-hydroxylation sites is 2. The molecule has 0 aliphatic carbocycles. The summed E-state index contributed by atoms with van der Waals surface area (Å²) in [6, 6.07) is 20.2. The Morgan fingerprint density at radius 1 is 0.333 bits per heavy atom. The third-order valence-corrected chi connectivity index (χ3v) is 9.67. The fourth-order valence-corrected chi connectivity index (χ4v) is 6.85. The zero-order chi connectivity index (χ0) is 46.7. The smallest absolute Gasteiger partial charge is 0.231 e. The van der Waals surface area contributed by atoms with E-state index in [1.165, 1.54) is 0 Å². The fourth-order valence-electron chi connectivity index (χ4n) is 6.85. The van der Waals surface area contributed by atoms with Crippen LogP contribution < -0.4 is 31.4 Å². The van der Waals surface area contributed by atoms with E-state index >= 15 is 35.1 Å². The van der Waals surface area contributed by atoms with E-state index in [0.717, 1.165) is 22.2 Å². The normalized spacial score (nSPS) is 11.6. The van der Waals surface area contributed by atoms with E-state index in [4.69, 9.17) is 4.84 Å². The average molecular weight is 915 g/mol. The lowest BCUT2D eigenvalue weighted by molar-refractivity contribution is -0.854. The van der Waals surface area contributed by atoms with Crippen molar-refractivity contribution in [3.8, 4) is 5.75 Å². The number of aromatic nitrogens is 1. The van der Waals surface area contributed by atoms with Gasteiger partial charge in [-0.3, -0.25) is 0 Å². The van der Waals surface area contributed by atoms with Gasteiger partial charge in [0.1, 0.15) is 52.7 Å². The Morgan fingerprint density at radius 2 is 0.603 bits per heavy atom. The van der Waals surface area contributed by atoms with Gasteiger partial charge >= 0.3 is 0 Å². The maximum atomic E-state index is 15.4. The molecule has 0 amide bonds. The van der Waals surface area contributed by atoms with Crippen LogP contribution in [0.2, 0.25) is 0 Å². The van der Waals surface area contributed by atoms with Crippen molar-refractivity contribution in [3.05, 3.63) is 189 Å². The van der Waals surface area contributed by atoms with Crippen molar-refractivity contribution in [2.24, 2.45) is 0 Å². The van der Waals surface area contributed by atoms with Crippen molar-refractivity contribution in [3.63, 3.8) is 0 Å². The van der Waals surface area contributed by atoms with Crippen molar-refractivity contribution >= 4 is 38.9 Å². The Hall–Kier alpha value is -6.81. The van der Waals surface area contributed by atoms with E-state index in [-0.39, 0.29) is 0 Å². The quantitative estimate of drug-likeness (QED) is 0.0534. The number of aryl methyl sites for hydroxylation is 1. The number of hydrogen-bond acceptors (Lipinski definition) is 1. The maximum Gasteiger partial charge on any atom is 0.265 e. The predicted octanol–water partition coefficient (Wildman–Crippen LogP) is 9.12. The molecule has 0 aliphatic rings. The second kappa shape index (κ2) is 16.8. The lowest BCUT2D eigenvalue weighted by Gasteiger charge is -2.44. The average Bonchev–Trinajstić information content (AvgIpc) is 3.27. The molecule has 0 N–H and O–H groups in total. The Bertz CT molecular complexity index is 2630. The molecule has 0 unspecified atom stereocenters. The first-order valence-corrected chi connectivity index (χ1v) is 16.9. The van der Waals surface area contributed by atoms with Crippen LogP contribution >= 0.6 is 0 Å². The molecule has 0 atom stereocenters. The molecule has 2 nitrogen and oxygen atoms in total. The van der Waals surface area contributed by atoms with Gasteiger partial charge in [0.15, 0.2) is 69.8 Å². The highest BCUT2D eigenvalue weighted by atomic mass is 19.2. The van der Waals surface area contributed by atoms with E-state index in [0.29, 0.717) is 0 Å². The highest BCUT2D eigenvalue weighted by molar-refractivity contribution is 7.20. The van der Waals surface area contributed by atoms with Crippen molar-refractivity contribution in [2.75, 3.05) is 0 Å². The molecule has 7 aromatic rings. The van der Waals surface area contributed by atoms with E-state index in [9.17, 15) is 52.7 Å². The molecule has 0 aliphatic heterocycles. The lowest BCUT2D eigenvalue weighted by Crippen LogP contribution is -2.81. The molecule has 63 heavy (non-hydrogen) atoms. The van der Waals surface area contributed by atoms with Crippen molar-refractivity contribution < 1.29 is 97.4 Å². The van der Waals surface area contributed by atoms with Gasteiger partial charge in [-0.15, -0.1) is 21.9 Å². The Kier molecular flexibility index (Phi) is 12.2. The molecule has 1 aromatic heterocycles. The van der Waals surface area contributed by atoms with Crippen molar-refractivity contribution in [1.29, 1.82) is 0 Å². The topological polar surface area (TPSA) is 13.1 Å². The van der Waals surface area contributed by atoms with Crippen LogP contribution in [0.25, 0.3) is 10.9 Å². The largest absolute Gasteiger partial charge is 0.265 e. The molecule has 6 aromatic carbocycles. The highest BCUT2D eigenvalue weighted by Gasteiger charge is 2.52. The number of fused-ring (bicyclic) bond motifs is 1. The summed E-state index contributed by atoms with van der Waals surface area (Å²) in [5.41, 5.74) is -12.1. The van der Waals surface area contributed by atoms with E-state index < -0.39 is 144 Å². The van der Waals surface area contributed by atoms with Gasteiger partial charge in [0.2, 0.25) is 11.9 Å². The molecule has 1 heterocycles. The van der Waals surface area contributed by atoms with Crippen LogP contribution in [0.1, 0.15) is 5.56 Å². The number of hydrogen-bond donors (Lipinski definition) is 0. The maximum absolute atomic E-state index is 15.4. The van der Waals surface area contributed by atoms with Crippen LogP contribution in [0, 0.1) is 123 Å². The van der Waals surface area contributed by atoms with Crippen LogP contribution in [0.5, 0.6) is 5.75 Å². The zero-order valence-electron chi connectivity index (χ0n) is 30.3. The minimum Gasteiger partial charge on any atom is -0.231 e. The van der Waals surface area contributed by atoms with E-state index in [1.807, 2.05) is 61.7 Å². The zero-order valence-corrected chi connectivity index (χ0v) is 30.3. The molecule has 0 fully saturated rings. The molecular weight excluding hydrogens is 901 g/mol. The van der Waals surface area contributed by atoms with Crippen LogP contribution in [-0.4, -0.2) is 6.15 Å². The molecule has 0 bridgehead atoms. The molecule has 23 heteroatoms. The van der Waals surface area contributed by atoms with Gasteiger partial charge in [0.05, 0.1) is 5.39 Å². The first kappa shape index (κ1) is 45.7. The predicted molar refractivity (Wildman–Crippen MR) is 181 cm³/mol. The van der Waals surface area contributed by atoms with Crippen molar-refractivity contribution in [1.82, 2.24) is 0 Å². The minimum atomic E-state index is -7.22. The third kappa shape index (κ3) is 7.02. The number of nitrogens with zero attached hydrogens (tertiary/aromatic N) is 1. The summed E-state index contributed by atoms with van der Waals surface area (Å²) in [5, 5.41) is 1.16. The van der Waals surface area contributed by atoms with E-state index in [2.05, 4.69) is 12.1 Å². The monoisotopic (exact) mass is 915 g/mol. The number of halogens is 20. The van der Waals surface area contributed by atoms with Gasteiger partial charge in [-0.1, -0.05) is 30.3 Å². The Morgan fingerprint density at radius 3 is 0.937 bits per heavy atom. The van der Waals surface area contributed by atoms with Crippen LogP contribution in [-0.2, 0) is 0 Å². The minimum absolute atomic E-state index is 0.874. The summed E-state index contributed by atoms with van der Waals surface area (Å²) >= 11 is 0. The second-order valence-corrected chi connectivity index (χ2v) is 13.0. The molecule has 0 saturated heterocycles. The Labute approximate surface area is 337 Å². The molecule has 328 valence electrons. The van der Waals surface area contributed by atoms with Crippen LogP contribution in [0.15, 0.2) is 66.9 Å². The highest BCUT2D eigenvalue weighted by Crippen LogP contribution is 2.31. The molecule has 7 rings (SSSR count). The summed E-state index contributed by atoms with van der Waals surface area (Å²) in [4.78, 5) is 5.94. The van der Waals surface area contributed by atoms with Gasteiger partial charge in [-0.25, -0.2) is 92.6 Å². The van der Waals surface area contributed by atoms with Gasteiger partial charge < -0.3 is 0 Å². The van der Waals surface area contributed by atoms with Gasteiger partial charge in [-0.2, -0.15) is 0 Å². The molecule has 0 spiro atoms. The molecule has 0 radical (unpaired) electrons. The lowest BCUT2D eigenvalue weighted by atomic mass is 9.12. The van der Waals surface area contributed by atoms with Crippen LogP contribution in [0.4, 0.5) is 87.8 Å². The number of benzene rings is 6. The number of pyridine rings is 1. The second-order valence-electron chi connectivity index (χ2n) is 13.0. The van der Waals surface area contributed by atoms with Gasteiger partial charge in [0.25, 0.3) is 5.52 Å². The first-order valence-electron chi connectivity index (χ1n) is 16.9. The summed E-state index contributed by atoms with van der Waals surface area (Å²) in [7, 11) is 0. The van der Waals surface area contributed by atoms with E-state index in [1.54, 1.807) is 4.73 Å².